The summed E-state index contributed by atoms with van der Waals surface area (Å²) in [6.07, 6.45) is 1.75. The van der Waals surface area contributed by atoms with E-state index in [1.807, 2.05) is 24.3 Å². The van der Waals surface area contributed by atoms with Gasteiger partial charge in [0.15, 0.2) is 0 Å². The van der Waals surface area contributed by atoms with E-state index in [1.165, 1.54) is 10.4 Å². The molecule has 1 heterocycles. The molecule has 0 amide bonds. The van der Waals surface area contributed by atoms with Crippen LogP contribution in [0.25, 0.3) is 0 Å². The van der Waals surface area contributed by atoms with E-state index in [0.717, 1.165) is 17.2 Å². The summed E-state index contributed by atoms with van der Waals surface area (Å²) >= 11 is 7.57. The van der Waals surface area contributed by atoms with Crippen LogP contribution in [0.2, 0.25) is 4.34 Å². The lowest BCUT2D eigenvalue weighted by Gasteiger charge is -2.28. The Hall–Kier alpha value is -0.830. The molecule has 1 nitrogen and oxygen atoms in total. The molecular formula is C14H16ClNS. The van der Waals surface area contributed by atoms with Crippen molar-refractivity contribution in [1.29, 1.82) is 0 Å². The van der Waals surface area contributed by atoms with Crippen molar-refractivity contribution in [1.82, 2.24) is 0 Å². The zero-order valence-corrected chi connectivity index (χ0v) is 11.4. The maximum absolute atomic E-state index is 6.52. The molecule has 1 unspecified atom stereocenters. The molecule has 0 radical (unpaired) electrons. The molecule has 90 valence electrons. The van der Waals surface area contributed by atoms with Crippen LogP contribution in [0.4, 0.5) is 0 Å². The molecule has 1 aromatic carbocycles. The van der Waals surface area contributed by atoms with Gasteiger partial charge in [-0.1, -0.05) is 48.9 Å². The second-order valence-corrected chi connectivity index (χ2v) is 6.06. The Morgan fingerprint density at radius 1 is 1.18 bits per heavy atom. The first kappa shape index (κ1) is 12.6. The highest BCUT2D eigenvalue weighted by Crippen LogP contribution is 2.31. The zero-order chi connectivity index (χ0) is 12.3. The first-order valence-corrected chi connectivity index (χ1v) is 6.92. The van der Waals surface area contributed by atoms with Crippen molar-refractivity contribution in [3.63, 3.8) is 0 Å². The lowest BCUT2D eigenvalue weighted by molar-refractivity contribution is 0.428. The Balaban J connectivity index is 2.26. The Kier molecular flexibility index (Phi) is 3.87. The molecule has 0 aliphatic rings. The van der Waals surface area contributed by atoms with Crippen molar-refractivity contribution >= 4 is 22.9 Å². The number of hydrogen-bond donors (Lipinski definition) is 1. The number of halogens is 1. The van der Waals surface area contributed by atoms with E-state index in [4.69, 9.17) is 17.3 Å². The Labute approximate surface area is 111 Å². The van der Waals surface area contributed by atoms with Crippen molar-refractivity contribution in [3.05, 3.63) is 57.2 Å². The van der Waals surface area contributed by atoms with Crippen LogP contribution >= 0.6 is 22.9 Å². The van der Waals surface area contributed by atoms with Gasteiger partial charge in [0.2, 0.25) is 0 Å². The van der Waals surface area contributed by atoms with Crippen LogP contribution in [-0.4, -0.2) is 0 Å². The van der Waals surface area contributed by atoms with Gasteiger partial charge in [-0.25, -0.2) is 0 Å². The molecule has 0 saturated heterocycles. The fourth-order valence-corrected chi connectivity index (χ4v) is 3.17. The van der Waals surface area contributed by atoms with Gasteiger partial charge in [0, 0.05) is 16.8 Å². The SMILES string of the molecule is CCC(N)(Cc1ccc(Cl)s1)c1ccccc1. The monoisotopic (exact) mass is 265 g/mol. The third-order valence-electron chi connectivity index (χ3n) is 3.10. The van der Waals surface area contributed by atoms with Crippen molar-refractivity contribution in [3.8, 4) is 0 Å². The number of benzene rings is 1. The van der Waals surface area contributed by atoms with Gasteiger partial charge in [-0.05, 0) is 24.1 Å². The third kappa shape index (κ3) is 2.89. The minimum Gasteiger partial charge on any atom is -0.321 e. The highest BCUT2D eigenvalue weighted by Gasteiger charge is 2.25. The van der Waals surface area contributed by atoms with E-state index in [2.05, 4.69) is 25.1 Å². The Morgan fingerprint density at radius 3 is 2.41 bits per heavy atom. The van der Waals surface area contributed by atoms with Crippen molar-refractivity contribution in [2.45, 2.75) is 25.3 Å². The summed E-state index contributed by atoms with van der Waals surface area (Å²) in [6, 6.07) is 14.3. The molecule has 2 rings (SSSR count). The molecule has 3 heteroatoms. The fraction of sp³-hybridized carbons (Fsp3) is 0.286. The molecular weight excluding hydrogens is 250 g/mol. The van der Waals surface area contributed by atoms with Gasteiger partial charge >= 0.3 is 0 Å². The van der Waals surface area contributed by atoms with Crippen molar-refractivity contribution < 1.29 is 0 Å². The van der Waals surface area contributed by atoms with Gasteiger partial charge < -0.3 is 5.73 Å². The number of rotatable bonds is 4. The average Bonchev–Trinajstić information content (AvgIpc) is 2.75. The van der Waals surface area contributed by atoms with E-state index < -0.39 is 0 Å². The largest absolute Gasteiger partial charge is 0.321 e. The summed E-state index contributed by atoms with van der Waals surface area (Å²) in [4.78, 5) is 1.24. The minimum atomic E-state index is -0.296. The molecule has 1 atom stereocenters. The minimum absolute atomic E-state index is 0.296. The highest BCUT2D eigenvalue weighted by atomic mass is 35.5. The summed E-state index contributed by atoms with van der Waals surface area (Å²) in [6.45, 7) is 2.13. The first-order valence-electron chi connectivity index (χ1n) is 5.73. The van der Waals surface area contributed by atoms with E-state index >= 15 is 0 Å². The van der Waals surface area contributed by atoms with Crippen LogP contribution in [0, 0.1) is 0 Å². The molecule has 0 aliphatic heterocycles. The molecule has 1 aromatic heterocycles. The van der Waals surface area contributed by atoms with Crippen LogP contribution < -0.4 is 5.73 Å². The van der Waals surface area contributed by atoms with Crippen molar-refractivity contribution in [2.75, 3.05) is 0 Å². The zero-order valence-electron chi connectivity index (χ0n) is 9.82. The van der Waals surface area contributed by atoms with Gasteiger partial charge in [0.1, 0.15) is 0 Å². The maximum Gasteiger partial charge on any atom is 0.0931 e. The molecule has 2 aromatic rings. The molecule has 0 aliphatic carbocycles. The third-order valence-corrected chi connectivity index (χ3v) is 4.33. The number of nitrogens with two attached hydrogens (primary N) is 1. The van der Waals surface area contributed by atoms with Crippen LogP contribution in [0.15, 0.2) is 42.5 Å². The van der Waals surface area contributed by atoms with Crippen LogP contribution in [0.3, 0.4) is 0 Å². The topological polar surface area (TPSA) is 26.0 Å². The van der Waals surface area contributed by atoms with Gasteiger partial charge in [-0.3, -0.25) is 0 Å². The first-order chi connectivity index (χ1) is 8.14. The molecule has 2 N–H and O–H groups in total. The molecule has 0 bridgehead atoms. The van der Waals surface area contributed by atoms with Gasteiger partial charge in [-0.15, -0.1) is 11.3 Å². The molecule has 0 spiro atoms. The summed E-state index contributed by atoms with van der Waals surface area (Å²) in [5.41, 5.74) is 7.41. The lowest BCUT2D eigenvalue weighted by Crippen LogP contribution is -2.38. The fourth-order valence-electron chi connectivity index (χ4n) is 1.96. The van der Waals surface area contributed by atoms with E-state index in [1.54, 1.807) is 11.3 Å². The number of thiophene rings is 1. The second kappa shape index (κ2) is 5.21. The van der Waals surface area contributed by atoms with E-state index in [-0.39, 0.29) is 5.54 Å². The predicted octanol–water partition coefficient (Wildman–Crippen LogP) is 4.21. The quantitative estimate of drug-likeness (QED) is 0.881. The summed E-state index contributed by atoms with van der Waals surface area (Å²) in [5.74, 6) is 0. The summed E-state index contributed by atoms with van der Waals surface area (Å²) < 4.78 is 0.825. The lowest BCUT2D eigenvalue weighted by atomic mass is 9.85. The molecule has 0 saturated carbocycles. The summed E-state index contributed by atoms with van der Waals surface area (Å²) in [5, 5.41) is 0. The molecule has 17 heavy (non-hydrogen) atoms. The van der Waals surface area contributed by atoms with Gasteiger partial charge in [-0.2, -0.15) is 0 Å². The Bertz CT molecular complexity index is 480. The molecule has 0 fully saturated rings. The standard InChI is InChI=1S/C14H16ClNS/c1-2-14(16,11-6-4-3-5-7-11)10-12-8-9-13(15)17-12/h3-9H,2,10,16H2,1H3. The Morgan fingerprint density at radius 2 is 1.88 bits per heavy atom. The normalized spacial score (nSPS) is 14.5. The number of hydrogen-bond acceptors (Lipinski definition) is 2. The van der Waals surface area contributed by atoms with Crippen LogP contribution in [0.1, 0.15) is 23.8 Å². The van der Waals surface area contributed by atoms with Gasteiger partial charge in [0.05, 0.1) is 4.34 Å². The van der Waals surface area contributed by atoms with Crippen LogP contribution in [-0.2, 0) is 12.0 Å². The second-order valence-electron chi connectivity index (χ2n) is 4.26. The van der Waals surface area contributed by atoms with Crippen molar-refractivity contribution in [2.24, 2.45) is 5.73 Å². The smallest absolute Gasteiger partial charge is 0.0931 e. The van der Waals surface area contributed by atoms with E-state index in [0.29, 0.717) is 0 Å². The van der Waals surface area contributed by atoms with Gasteiger partial charge in [0.25, 0.3) is 0 Å². The highest BCUT2D eigenvalue weighted by molar-refractivity contribution is 7.16. The summed E-state index contributed by atoms with van der Waals surface area (Å²) in [7, 11) is 0. The maximum atomic E-state index is 6.52. The van der Waals surface area contributed by atoms with E-state index in [9.17, 15) is 0 Å². The average molecular weight is 266 g/mol. The predicted molar refractivity (Wildman–Crippen MR) is 75.6 cm³/mol. The van der Waals surface area contributed by atoms with Crippen LogP contribution in [0.5, 0.6) is 0 Å².